The molecule has 0 spiro atoms. The Morgan fingerprint density at radius 1 is 1.71 bits per heavy atom. The molecule has 0 bridgehead atoms. The third kappa shape index (κ3) is 3.16. The van der Waals surface area contributed by atoms with E-state index in [0.717, 1.165) is 29.5 Å². The van der Waals surface area contributed by atoms with Crippen molar-refractivity contribution in [1.82, 2.24) is 0 Å². The summed E-state index contributed by atoms with van der Waals surface area (Å²) in [6.45, 7) is 1.05. The second-order valence-corrected chi connectivity index (χ2v) is 2.66. The zero-order valence-electron chi connectivity index (χ0n) is 3.66. The molecule has 0 aliphatic heterocycles. The summed E-state index contributed by atoms with van der Waals surface area (Å²) in [7, 11) is 0. The zero-order chi connectivity index (χ0) is 6.08. The minimum Gasteiger partial charge on any atom is -0.386 e. The predicted octanol–water partition coefficient (Wildman–Crippen LogP) is 1.40. The van der Waals surface area contributed by atoms with Crippen LogP contribution in [0.4, 0.5) is 8.78 Å². The van der Waals surface area contributed by atoms with Crippen LogP contribution >= 0.6 is 22.6 Å². The SMILES string of the molecule is CC(O)C(F)(F)I. The Kier molecular flexibility index (Phi) is 2.39. The first-order valence-corrected chi connectivity index (χ1v) is 2.77. The Labute approximate surface area is 53.9 Å². The van der Waals surface area contributed by atoms with E-state index in [2.05, 4.69) is 0 Å². The topological polar surface area (TPSA) is 20.2 Å². The zero-order valence-corrected chi connectivity index (χ0v) is 5.82. The highest BCUT2D eigenvalue weighted by atomic mass is 127. The summed E-state index contributed by atoms with van der Waals surface area (Å²) < 4.78 is 20.2. The molecule has 0 aromatic carbocycles. The highest BCUT2D eigenvalue weighted by Crippen LogP contribution is 2.25. The highest BCUT2D eigenvalue weighted by molar-refractivity contribution is 14.1. The van der Waals surface area contributed by atoms with Crippen molar-refractivity contribution in [3.63, 3.8) is 0 Å². The number of hydrogen-bond donors (Lipinski definition) is 1. The van der Waals surface area contributed by atoms with Crippen molar-refractivity contribution in [2.45, 2.75) is 17.0 Å². The van der Waals surface area contributed by atoms with Crippen LogP contribution < -0.4 is 0 Å². The van der Waals surface area contributed by atoms with Gasteiger partial charge in [0.15, 0.2) is 0 Å². The van der Waals surface area contributed by atoms with Gasteiger partial charge in [-0.25, -0.2) is 0 Å². The van der Waals surface area contributed by atoms with Crippen LogP contribution in [0.5, 0.6) is 0 Å². The fraction of sp³-hybridized carbons (Fsp3) is 1.00. The van der Waals surface area contributed by atoms with Crippen molar-refractivity contribution < 1.29 is 13.9 Å². The molecule has 44 valence electrons. The molecule has 1 N–H and O–H groups in total. The third-order valence-corrected chi connectivity index (χ3v) is 1.38. The molecular formula is C3H5F2IO. The lowest BCUT2D eigenvalue weighted by molar-refractivity contribution is -0.00784. The fourth-order valence-corrected chi connectivity index (χ4v) is 0. The number of aliphatic hydroxyl groups excluding tert-OH is 1. The van der Waals surface area contributed by atoms with Gasteiger partial charge in [-0.2, -0.15) is 8.78 Å². The van der Waals surface area contributed by atoms with Crippen molar-refractivity contribution in [1.29, 1.82) is 0 Å². The van der Waals surface area contributed by atoms with Gasteiger partial charge in [0.05, 0.1) is 0 Å². The first-order valence-electron chi connectivity index (χ1n) is 1.69. The maximum atomic E-state index is 11.6. The summed E-state index contributed by atoms with van der Waals surface area (Å²) >= 11 is 0.883. The molecule has 0 aromatic rings. The average Bonchev–Trinajstić information content (AvgIpc) is 1.31. The minimum atomic E-state index is -2.97. The Bertz CT molecular complexity index is 58.4. The summed E-state index contributed by atoms with van der Waals surface area (Å²) in [5.41, 5.74) is 0. The van der Waals surface area contributed by atoms with Crippen molar-refractivity contribution in [2.75, 3.05) is 0 Å². The summed E-state index contributed by atoms with van der Waals surface area (Å²) in [6.07, 6.45) is -1.55. The van der Waals surface area contributed by atoms with Crippen LogP contribution in [0.2, 0.25) is 0 Å². The largest absolute Gasteiger partial charge is 0.386 e. The molecule has 0 rings (SSSR count). The Balaban J connectivity index is 3.54. The van der Waals surface area contributed by atoms with Crippen LogP contribution in [0.25, 0.3) is 0 Å². The van der Waals surface area contributed by atoms with Crippen molar-refractivity contribution in [2.24, 2.45) is 0 Å². The molecule has 1 unspecified atom stereocenters. The van der Waals surface area contributed by atoms with Gasteiger partial charge in [0.1, 0.15) is 6.10 Å². The number of halogens is 3. The summed E-state index contributed by atoms with van der Waals surface area (Å²) in [5.74, 6) is 0. The average molecular weight is 222 g/mol. The molecule has 0 aliphatic rings. The van der Waals surface area contributed by atoms with Gasteiger partial charge in [0, 0.05) is 22.6 Å². The second kappa shape index (κ2) is 2.21. The molecule has 0 amide bonds. The molecular weight excluding hydrogens is 217 g/mol. The number of alkyl halides is 3. The van der Waals surface area contributed by atoms with Gasteiger partial charge >= 0.3 is 3.93 Å². The first kappa shape index (κ1) is 7.55. The van der Waals surface area contributed by atoms with Crippen molar-refractivity contribution in [3.05, 3.63) is 0 Å². The normalized spacial score (nSPS) is 16.7. The second-order valence-electron chi connectivity index (χ2n) is 1.22. The molecule has 0 saturated heterocycles. The van der Waals surface area contributed by atoms with Gasteiger partial charge < -0.3 is 5.11 Å². The van der Waals surface area contributed by atoms with E-state index in [1.165, 1.54) is 0 Å². The van der Waals surface area contributed by atoms with E-state index in [0.29, 0.717) is 0 Å². The van der Waals surface area contributed by atoms with Crippen LogP contribution in [-0.2, 0) is 0 Å². The van der Waals surface area contributed by atoms with Crippen LogP contribution in [-0.4, -0.2) is 15.1 Å². The molecule has 0 saturated carbocycles. The summed E-state index contributed by atoms with van der Waals surface area (Å²) in [5, 5.41) is 8.13. The number of rotatable bonds is 1. The van der Waals surface area contributed by atoms with E-state index in [1.54, 1.807) is 0 Å². The minimum absolute atomic E-state index is 0.883. The van der Waals surface area contributed by atoms with Crippen LogP contribution in [0.3, 0.4) is 0 Å². The van der Waals surface area contributed by atoms with E-state index in [-0.39, 0.29) is 0 Å². The number of aliphatic hydroxyl groups is 1. The van der Waals surface area contributed by atoms with E-state index in [4.69, 9.17) is 5.11 Å². The van der Waals surface area contributed by atoms with Gasteiger partial charge in [-0.15, -0.1) is 0 Å². The lowest BCUT2D eigenvalue weighted by Crippen LogP contribution is -2.22. The standard InChI is InChI=1S/C3H5F2IO/c1-2(7)3(4,5)6/h2,7H,1H3. The summed E-state index contributed by atoms with van der Waals surface area (Å²) in [4.78, 5) is 0. The predicted molar refractivity (Wildman–Crippen MR) is 30.6 cm³/mol. The Hall–Kier alpha value is 0.550. The van der Waals surface area contributed by atoms with Crippen LogP contribution in [0.15, 0.2) is 0 Å². The van der Waals surface area contributed by atoms with Crippen LogP contribution in [0.1, 0.15) is 6.92 Å². The summed E-state index contributed by atoms with van der Waals surface area (Å²) in [6, 6.07) is 0. The van der Waals surface area contributed by atoms with Gasteiger partial charge in [0.25, 0.3) is 0 Å². The number of hydrogen-bond acceptors (Lipinski definition) is 1. The van der Waals surface area contributed by atoms with Gasteiger partial charge in [-0.1, -0.05) is 0 Å². The van der Waals surface area contributed by atoms with Crippen molar-refractivity contribution >= 4 is 22.6 Å². The Morgan fingerprint density at radius 2 is 1.86 bits per heavy atom. The van der Waals surface area contributed by atoms with E-state index < -0.39 is 10.0 Å². The lowest BCUT2D eigenvalue weighted by atomic mass is 10.4. The molecule has 0 fully saturated rings. The maximum Gasteiger partial charge on any atom is 0.321 e. The van der Waals surface area contributed by atoms with Gasteiger partial charge in [0.2, 0.25) is 0 Å². The Morgan fingerprint density at radius 3 is 1.86 bits per heavy atom. The molecule has 0 heterocycles. The van der Waals surface area contributed by atoms with E-state index in [1.807, 2.05) is 0 Å². The van der Waals surface area contributed by atoms with Crippen LogP contribution in [0, 0.1) is 0 Å². The van der Waals surface area contributed by atoms with E-state index >= 15 is 0 Å². The van der Waals surface area contributed by atoms with Gasteiger partial charge in [-0.05, 0) is 6.92 Å². The van der Waals surface area contributed by atoms with E-state index in [9.17, 15) is 8.78 Å². The fourth-order valence-electron chi connectivity index (χ4n) is 0. The smallest absolute Gasteiger partial charge is 0.321 e. The monoisotopic (exact) mass is 222 g/mol. The molecule has 7 heavy (non-hydrogen) atoms. The quantitative estimate of drug-likeness (QED) is 0.525. The third-order valence-electron chi connectivity index (χ3n) is 0.474. The molecule has 0 radical (unpaired) electrons. The van der Waals surface area contributed by atoms with Gasteiger partial charge in [-0.3, -0.25) is 0 Å². The molecule has 4 heteroatoms. The lowest BCUT2D eigenvalue weighted by Gasteiger charge is -2.09. The van der Waals surface area contributed by atoms with Crippen molar-refractivity contribution in [3.8, 4) is 0 Å². The maximum absolute atomic E-state index is 11.6. The molecule has 0 aliphatic carbocycles. The first-order chi connectivity index (χ1) is 2.94. The molecule has 0 aromatic heterocycles. The molecule has 1 nitrogen and oxygen atoms in total. The molecule has 1 atom stereocenters. The highest BCUT2D eigenvalue weighted by Gasteiger charge is 2.30.